The first-order valence-electron chi connectivity index (χ1n) is 18.2. The molecule has 0 heterocycles. The van der Waals surface area contributed by atoms with Gasteiger partial charge in [-0.2, -0.15) is 0 Å². The van der Waals surface area contributed by atoms with E-state index in [1.807, 2.05) is 126 Å². The van der Waals surface area contributed by atoms with E-state index < -0.39 is 23.9 Å². The summed E-state index contributed by atoms with van der Waals surface area (Å²) < 4.78 is 22.0. The van der Waals surface area contributed by atoms with E-state index >= 15 is 0 Å². The molecule has 4 aromatic rings. The van der Waals surface area contributed by atoms with E-state index in [2.05, 4.69) is 0 Å². The van der Waals surface area contributed by atoms with Gasteiger partial charge in [0.05, 0.1) is 32.7 Å². The van der Waals surface area contributed by atoms with E-state index in [0.29, 0.717) is 0 Å². The highest BCUT2D eigenvalue weighted by Crippen LogP contribution is 2.07. The van der Waals surface area contributed by atoms with Gasteiger partial charge in [-0.3, -0.25) is 38.7 Å². The van der Waals surface area contributed by atoms with Crippen LogP contribution in [0.3, 0.4) is 0 Å². The number of nitrogens with zero attached hydrogens (tertiary/aromatic N) is 3. The Hall–Kier alpha value is -5.69. The summed E-state index contributed by atoms with van der Waals surface area (Å²) in [6, 6.07) is 37.1. The predicted octanol–water partition coefficient (Wildman–Crippen LogP) is 4.46. The number of Topliss-reactive ketones (excluding diaryl/α,β-unsaturated/α-hetero) is 1. The summed E-state index contributed by atoms with van der Waals surface area (Å²) in [7, 11) is 0. The Kier molecular flexibility index (Phi) is 18.2. The molecule has 0 bridgehead atoms. The second kappa shape index (κ2) is 23.9. The third kappa shape index (κ3) is 17.8. The second-order valence-electron chi connectivity index (χ2n) is 13.0. The molecule has 12 heteroatoms. The lowest BCUT2D eigenvalue weighted by atomic mass is 10.2. The van der Waals surface area contributed by atoms with E-state index in [4.69, 9.17) is 18.9 Å². The number of esters is 4. The number of hydrogen-bond acceptors (Lipinski definition) is 12. The van der Waals surface area contributed by atoms with E-state index in [0.717, 1.165) is 22.3 Å². The molecule has 0 atom stereocenters. The van der Waals surface area contributed by atoms with Gasteiger partial charge >= 0.3 is 23.9 Å². The van der Waals surface area contributed by atoms with Crippen LogP contribution in [0, 0.1) is 0 Å². The minimum absolute atomic E-state index is 0.0650. The maximum atomic E-state index is 12.9. The van der Waals surface area contributed by atoms with E-state index in [9.17, 15) is 24.0 Å². The van der Waals surface area contributed by atoms with Crippen molar-refractivity contribution in [3.05, 3.63) is 144 Å². The highest BCUT2D eigenvalue weighted by atomic mass is 16.5. The fourth-order valence-corrected chi connectivity index (χ4v) is 5.44. The number of ketones is 1. The van der Waals surface area contributed by atoms with Crippen molar-refractivity contribution < 1.29 is 42.9 Å². The third-order valence-electron chi connectivity index (χ3n) is 8.29. The van der Waals surface area contributed by atoms with Crippen LogP contribution < -0.4 is 0 Å². The Morgan fingerprint density at radius 2 is 0.600 bits per heavy atom. The maximum absolute atomic E-state index is 12.9. The number of carbonyl (C=O) groups excluding carboxylic acids is 5. The summed E-state index contributed by atoms with van der Waals surface area (Å²) in [6.07, 6.45) is 0. The van der Waals surface area contributed by atoms with Crippen LogP contribution >= 0.6 is 0 Å². The van der Waals surface area contributed by atoms with Gasteiger partial charge in [0.25, 0.3) is 0 Å². The minimum atomic E-state index is -0.521. The van der Waals surface area contributed by atoms with Crippen molar-refractivity contribution in [2.24, 2.45) is 0 Å². The Labute approximate surface area is 322 Å². The lowest BCUT2D eigenvalue weighted by Gasteiger charge is -2.28. The lowest BCUT2D eigenvalue weighted by Crippen LogP contribution is -2.45. The number of rotatable bonds is 24. The fraction of sp³-hybridized carbons (Fsp3) is 0.326. The molecule has 0 aliphatic rings. The zero-order valence-corrected chi connectivity index (χ0v) is 31.3. The Bertz CT molecular complexity index is 1520. The van der Waals surface area contributed by atoms with Gasteiger partial charge in [0.2, 0.25) is 0 Å². The quantitative estimate of drug-likeness (QED) is 0.0741. The molecule has 0 saturated carbocycles. The smallest absolute Gasteiger partial charge is 0.320 e. The van der Waals surface area contributed by atoms with Crippen LogP contribution in [-0.4, -0.2) is 103 Å². The molecular weight excluding hydrogens is 702 g/mol. The molecule has 0 spiro atoms. The molecule has 0 aromatic heterocycles. The largest absolute Gasteiger partial charge is 0.460 e. The van der Waals surface area contributed by atoms with Crippen LogP contribution in [0.5, 0.6) is 0 Å². The predicted molar refractivity (Wildman–Crippen MR) is 205 cm³/mol. The molecule has 4 aromatic carbocycles. The van der Waals surface area contributed by atoms with Gasteiger partial charge in [-0.05, 0) is 29.2 Å². The molecule has 0 fully saturated rings. The lowest BCUT2D eigenvalue weighted by molar-refractivity contribution is -0.151. The van der Waals surface area contributed by atoms with Crippen molar-refractivity contribution in [3.8, 4) is 0 Å². The van der Waals surface area contributed by atoms with Crippen molar-refractivity contribution in [2.75, 3.05) is 58.9 Å². The standard InChI is InChI=1S/C43H49N3O9/c1-35(47)26-44(22-24-45(27-40(48)52-31-36-14-6-2-7-15-36)28-41(49)53-32-37-16-8-3-9-17-37)23-25-46(29-42(50)54-33-38-18-10-4-11-19-38)30-43(51)55-34-39-20-12-5-13-21-39/h2-21H,22-34H2,1H3. The Balaban J connectivity index is 1.38. The van der Waals surface area contributed by atoms with Crippen molar-refractivity contribution in [3.63, 3.8) is 0 Å². The molecule has 290 valence electrons. The SMILES string of the molecule is CC(=O)CN(CCN(CC(=O)OCc1ccccc1)CC(=O)OCc1ccccc1)CCN(CC(=O)OCc1ccccc1)CC(=O)OCc1ccccc1. The summed E-state index contributed by atoms with van der Waals surface area (Å²) in [5.74, 6) is -2.19. The van der Waals surface area contributed by atoms with Gasteiger partial charge in [0.1, 0.15) is 32.2 Å². The van der Waals surface area contributed by atoms with Crippen LogP contribution in [0.4, 0.5) is 0 Å². The maximum Gasteiger partial charge on any atom is 0.320 e. The monoisotopic (exact) mass is 751 g/mol. The highest BCUT2D eigenvalue weighted by Gasteiger charge is 2.21. The zero-order chi connectivity index (χ0) is 39.1. The van der Waals surface area contributed by atoms with Gasteiger partial charge in [0.15, 0.2) is 0 Å². The first-order chi connectivity index (χ1) is 26.7. The summed E-state index contributed by atoms with van der Waals surface area (Å²) in [5.41, 5.74) is 3.31. The zero-order valence-electron chi connectivity index (χ0n) is 31.3. The normalized spacial score (nSPS) is 11.0. The first kappa shape index (κ1) is 42.1. The van der Waals surface area contributed by atoms with Crippen LogP contribution in [-0.2, 0) is 69.3 Å². The molecule has 12 nitrogen and oxygen atoms in total. The number of benzene rings is 4. The van der Waals surface area contributed by atoms with Gasteiger partial charge in [0, 0.05) is 26.2 Å². The van der Waals surface area contributed by atoms with Crippen molar-refractivity contribution in [1.82, 2.24) is 14.7 Å². The van der Waals surface area contributed by atoms with Crippen molar-refractivity contribution in [2.45, 2.75) is 33.4 Å². The minimum Gasteiger partial charge on any atom is -0.460 e. The Morgan fingerprint density at radius 3 is 0.836 bits per heavy atom. The van der Waals surface area contributed by atoms with Crippen LogP contribution in [0.1, 0.15) is 29.2 Å². The van der Waals surface area contributed by atoms with Crippen molar-refractivity contribution >= 4 is 29.7 Å². The number of hydrogen-bond donors (Lipinski definition) is 0. The van der Waals surface area contributed by atoms with Crippen LogP contribution in [0.25, 0.3) is 0 Å². The summed E-state index contributed by atoms with van der Waals surface area (Å²) >= 11 is 0. The molecule has 0 amide bonds. The molecule has 0 aliphatic heterocycles. The average Bonchev–Trinajstić information content (AvgIpc) is 3.20. The number of carbonyl (C=O) groups is 5. The van der Waals surface area contributed by atoms with Gasteiger partial charge < -0.3 is 18.9 Å². The average molecular weight is 752 g/mol. The third-order valence-corrected chi connectivity index (χ3v) is 8.29. The van der Waals surface area contributed by atoms with Crippen LogP contribution in [0.2, 0.25) is 0 Å². The van der Waals surface area contributed by atoms with E-state index in [-0.39, 0.29) is 91.1 Å². The van der Waals surface area contributed by atoms with Gasteiger partial charge in [-0.25, -0.2) is 0 Å². The highest BCUT2D eigenvalue weighted by molar-refractivity contribution is 5.78. The number of ether oxygens (including phenoxy) is 4. The molecular formula is C43H49N3O9. The van der Waals surface area contributed by atoms with E-state index in [1.54, 1.807) is 9.80 Å². The summed E-state index contributed by atoms with van der Waals surface area (Å²) in [5, 5.41) is 0. The summed E-state index contributed by atoms with van der Waals surface area (Å²) in [4.78, 5) is 69.2. The Morgan fingerprint density at radius 1 is 0.364 bits per heavy atom. The molecule has 4 rings (SSSR count). The topological polar surface area (TPSA) is 132 Å². The van der Waals surface area contributed by atoms with Crippen molar-refractivity contribution in [1.29, 1.82) is 0 Å². The van der Waals surface area contributed by atoms with Gasteiger partial charge in [-0.1, -0.05) is 121 Å². The second-order valence-corrected chi connectivity index (χ2v) is 13.0. The fourth-order valence-electron chi connectivity index (χ4n) is 5.44. The van der Waals surface area contributed by atoms with E-state index in [1.165, 1.54) is 6.92 Å². The van der Waals surface area contributed by atoms with Gasteiger partial charge in [-0.15, -0.1) is 0 Å². The summed E-state index contributed by atoms with van der Waals surface area (Å²) in [6.45, 7) is 2.10. The molecule has 0 aliphatic carbocycles. The molecule has 0 N–H and O–H groups in total. The first-order valence-corrected chi connectivity index (χ1v) is 18.2. The molecule has 0 saturated heterocycles. The molecule has 0 unspecified atom stereocenters. The molecule has 55 heavy (non-hydrogen) atoms. The van der Waals surface area contributed by atoms with Crippen LogP contribution in [0.15, 0.2) is 121 Å². The molecule has 0 radical (unpaired) electrons.